The summed E-state index contributed by atoms with van der Waals surface area (Å²) in [5.41, 5.74) is 2.11. The van der Waals surface area contributed by atoms with E-state index in [1.54, 1.807) is 48.5 Å². The molecule has 1 N–H and O–H groups in total. The molecule has 2 aromatic rings. The highest BCUT2D eigenvalue weighted by molar-refractivity contribution is 6.21. The van der Waals surface area contributed by atoms with Crippen LogP contribution in [0.2, 0.25) is 0 Å². The molecule has 1 heterocycles. The molecule has 0 unspecified atom stereocenters. The fraction of sp³-hybridized carbons (Fsp3) is 0.200. The second kappa shape index (κ2) is 7.82. The summed E-state index contributed by atoms with van der Waals surface area (Å²) in [6.07, 6.45) is 0.0580. The van der Waals surface area contributed by atoms with Gasteiger partial charge in [-0.25, -0.2) is 0 Å². The Hall–Kier alpha value is -3.48. The average molecular weight is 366 g/mol. The minimum absolute atomic E-state index is 0.0134. The Labute approximate surface area is 155 Å². The highest BCUT2D eigenvalue weighted by Gasteiger charge is 2.34. The van der Waals surface area contributed by atoms with E-state index in [0.29, 0.717) is 16.8 Å². The highest BCUT2D eigenvalue weighted by atomic mass is 16.5. The normalized spacial score (nSPS) is 12.7. The quantitative estimate of drug-likeness (QED) is 0.624. The van der Waals surface area contributed by atoms with Gasteiger partial charge in [-0.15, -0.1) is 0 Å². The van der Waals surface area contributed by atoms with Gasteiger partial charge in [0, 0.05) is 12.6 Å². The van der Waals surface area contributed by atoms with Crippen molar-refractivity contribution in [3.05, 3.63) is 65.2 Å². The summed E-state index contributed by atoms with van der Waals surface area (Å²) in [5.74, 6) is -1.38. The number of carbonyl (C=O) groups is 4. The van der Waals surface area contributed by atoms with E-state index in [1.807, 2.05) is 0 Å². The van der Waals surface area contributed by atoms with E-state index >= 15 is 0 Å². The molecule has 0 atom stereocenters. The van der Waals surface area contributed by atoms with Crippen molar-refractivity contribution >= 4 is 29.4 Å². The topological polar surface area (TPSA) is 92.8 Å². The first-order chi connectivity index (χ1) is 13.0. The molecule has 0 bridgehead atoms. The molecule has 0 saturated carbocycles. The van der Waals surface area contributed by atoms with Crippen LogP contribution in [0.25, 0.3) is 0 Å². The molecule has 3 amide bonds. The first-order valence-electron chi connectivity index (χ1n) is 8.43. The van der Waals surface area contributed by atoms with Gasteiger partial charge in [-0.2, -0.15) is 0 Å². The molecular formula is C20H18N2O5. The van der Waals surface area contributed by atoms with Gasteiger partial charge in [0.1, 0.15) is 6.61 Å². The fourth-order valence-corrected chi connectivity index (χ4v) is 2.82. The van der Waals surface area contributed by atoms with Gasteiger partial charge < -0.3 is 10.1 Å². The van der Waals surface area contributed by atoms with Crippen LogP contribution >= 0.6 is 0 Å². The second-order valence-corrected chi connectivity index (χ2v) is 6.08. The van der Waals surface area contributed by atoms with Gasteiger partial charge in [0.25, 0.3) is 11.8 Å². The van der Waals surface area contributed by atoms with Gasteiger partial charge in [-0.05, 0) is 29.8 Å². The molecule has 0 aliphatic carbocycles. The maximum absolute atomic E-state index is 12.2. The fourth-order valence-electron chi connectivity index (χ4n) is 2.82. The third-order valence-corrected chi connectivity index (χ3v) is 4.08. The summed E-state index contributed by atoms with van der Waals surface area (Å²) in [6.45, 7) is 1.37. The molecule has 1 aliphatic rings. The SMILES string of the molecule is CC(=O)Nc1ccc(CC(=O)OCCN2C(=O)c3ccccc3C2=O)cc1. The van der Waals surface area contributed by atoms with Crippen molar-refractivity contribution < 1.29 is 23.9 Å². The number of rotatable bonds is 6. The second-order valence-electron chi connectivity index (χ2n) is 6.08. The summed E-state index contributed by atoms with van der Waals surface area (Å²) in [5, 5.41) is 2.64. The molecule has 27 heavy (non-hydrogen) atoms. The third-order valence-electron chi connectivity index (χ3n) is 4.08. The van der Waals surface area contributed by atoms with Crippen molar-refractivity contribution in [2.45, 2.75) is 13.3 Å². The lowest BCUT2D eigenvalue weighted by Gasteiger charge is -2.13. The number of fused-ring (bicyclic) bond motifs is 1. The number of hydrogen-bond acceptors (Lipinski definition) is 5. The third kappa shape index (κ3) is 4.20. The lowest BCUT2D eigenvalue weighted by molar-refractivity contribution is -0.143. The van der Waals surface area contributed by atoms with Crippen LogP contribution in [0.15, 0.2) is 48.5 Å². The monoisotopic (exact) mass is 366 g/mol. The lowest BCUT2D eigenvalue weighted by Crippen LogP contribution is -2.33. The summed E-state index contributed by atoms with van der Waals surface area (Å²) in [6, 6.07) is 13.4. The van der Waals surface area contributed by atoms with Crippen LogP contribution in [0.1, 0.15) is 33.2 Å². The van der Waals surface area contributed by atoms with Crippen molar-refractivity contribution in [2.75, 3.05) is 18.5 Å². The Morgan fingerprint density at radius 1 is 0.963 bits per heavy atom. The van der Waals surface area contributed by atoms with Gasteiger partial charge in [-0.1, -0.05) is 24.3 Å². The number of nitrogens with one attached hydrogen (secondary N) is 1. The maximum atomic E-state index is 12.2. The number of ether oxygens (including phenoxy) is 1. The lowest BCUT2D eigenvalue weighted by atomic mass is 10.1. The zero-order chi connectivity index (χ0) is 19.4. The summed E-state index contributed by atoms with van der Waals surface area (Å²) in [4.78, 5) is 48.5. The van der Waals surface area contributed by atoms with E-state index < -0.39 is 5.97 Å². The average Bonchev–Trinajstić information content (AvgIpc) is 2.88. The van der Waals surface area contributed by atoms with Crippen LogP contribution in [0.4, 0.5) is 5.69 Å². The van der Waals surface area contributed by atoms with E-state index in [4.69, 9.17) is 4.74 Å². The van der Waals surface area contributed by atoms with Gasteiger partial charge >= 0.3 is 5.97 Å². The molecule has 1 aliphatic heterocycles. The zero-order valence-corrected chi connectivity index (χ0v) is 14.7. The summed E-state index contributed by atoms with van der Waals surface area (Å²) in [7, 11) is 0. The Morgan fingerprint density at radius 2 is 1.56 bits per heavy atom. The number of carbonyl (C=O) groups excluding carboxylic acids is 4. The molecule has 0 fully saturated rings. The van der Waals surface area contributed by atoms with Crippen LogP contribution in [-0.4, -0.2) is 41.7 Å². The number of imide groups is 1. The Kier molecular flexibility index (Phi) is 5.30. The molecule has 0 radical (unpaired) electrons. The standard InChI is InChI=1S/C20H18N2O5/c1-13(23)21-15-8-6-14(7-9-15)12-18(24)27-11-10-22-19(25)16-4-2-3-5-17(16)20(22)26/h2-9H,10-12H2,1H3,(H,21,23). The van der Waals surface area contributed by atoms with E-state index in [-0.39, 0.29) is 37.3 Å². The Balaban J connectivity index is 1.48. The Morgan fingerprint density at radius 3 is 2.11 bits per heavy atom. The van der Waals surface area contributed by atoms with E-state index in [0.717, 1.165) is 10.5 Å². The molecule has 7 heteroatoms. The van der Waals surface area contributed by atoms with Gasteiger partial charge in [0.15, 0.2) is 0 Å². The number of anilines is 1. The van der Waals surface area contributed by atoms with E-state index in [2.05, 4.69) is 5.32 Å². The smallest absolute Gasteiger partial charge is 0.310 e. The highest BCUT2D eigenvalue weighted by Crippen LogP contribution is 2.21. The number of hydrogen-bond donors (Lipinski definition) is 1. The van der Waals surface area contributed by atoms with Crippen LogP contribution in [0, 0.1) is 0 Å². The maximum Gasteiger partial charge on any atom is 0.310 e. The van der Waals surface area contributed by atoms with Gasteiger partial charge in [-0.3, -0.25) is 24.1 Å². The van der Waals surface area contributed by atoms with Crippen molar-refractivity contribution in [3.8, 4) is 0 Å². The summed E-state index contributed by atoms with van der Waals surface area (Å²) >= 11 is 0. The predicted molar refractivity (Wildman–Crippen MR) is 97.2 cm³/mol. The molecule has 138 valence electrons. The number of esters is 1. The van der Waals surface area contributed by atoms with Crippen molar-refractivity contribution in [3.63, 3.8) is 0 Å². The van der Waals surface area contributed by atoms with Crippen LogP contribution in [0.5, 0.6) is 0 Å². The molecule has 3 rings (SSSR count). The van der Waals surface area contributed by atoms with Crippen molar-refractivity contribution in [1.82, 2.24) is 4.90 Å². The van der Waals surface area contributed by atoms with E-state index in [9.17, 15) is 19.2 Å². The molecule has 0 spiro atoms. The van der Waals surface area contributed by atoms with Crippen molar-refractivity contribution in [2.24, 2.45) is 0 Å². The minimum atomic E-state index is -0.459. The summed E-state index contributed by atoms with van der Waals surface area (Å²) < 4.78 is 5.14. The van der Waals surface area contributed by atoms with Gasteiger partial charge in [0.2, 0.25) is 5.91 Å². The number of amides is 3. The number of nitrogens with zero attached hydrogens (tertiary/aromatic N) is 1. The van der Waals surface area contributed by atoms with Crippen LogP contribution < -0.4 is 5.32 Å². The predicted octanol–water partition coefficient (Wildman–Crippen LogP) is 2.03. The molecule has 2 aromatic carbocycles. The number of benzene rings is 2. The zero-order valence-electron chi connectivity index (χ0n) is 14.7. The Bertz CT molecular complexity index is 870. The van der Waals surface area contributed by atoms with Crippen LogP contribution in [0.3, 0.4) is 0 Å². The molecule has 0 saturated heterocycles. The minimum Gasteiger partial charge on any atom is -0.464 e. The molecule has 0 aromatic heterocycles. The van der Waals surface area contributed by atoms with Crippen molar-refractivity contribution in [1.29, 1.82) is 0 Å². The largest absolute Gasteiger partial charge is 0.464 e. The first kappa shape index (κ1) is 18.3. The van der Waals surface area contributed by atoms with Gasteiger partial charge in [0.05, 0.1) is 24.1 Å². The van der Waals surface area contributed by atoms with Crippen LogP contribution in [-0.2, 0) is 20.7 Å². The van der Waals surface area contributed by atoms with E-state index in [1.165, 1.54) is 6.92 Å². The first-order valence-corrected chi connectivity index (χ1v) is 8.43. The molecular weight excluding hydrogens is 348 g/mol. The molecule has 7 nitrogen and oxygen atoms in total.